The van der Waals surface area contributed by atoms with E-state index < -0.39 is 0 Å². The number of rotatable bonds is 6. The SMILES string of the molecule is CCCNCc1ccn(Cc2cncc(Br)c2)n1. The van der Waals surface area contributed by atoms with E-state index in [-0.39, 0.29) is 0 Å². The summed E-state index contributed by atoms with van der Waals surface area (Å²) in [6.45, 7) is 4.77. The van der Waals surface area contributed by atoms with E-state index in [4.69, 9.17) is 0 Å². The zero-order valence-corrected chi connectivity index (χ0v) is 12.0. The summed E-state index contributed by atoms with van der Waals surface area (Å²) in [5, 5.41) is 7.86. The van der Waals surface area contributed by atoms with Gasteiger partial charge < -0.3 is 5.32 Å². The lowest BCUT2D eigenvalue weighted by Gasteiger charge is -2.02. The van der Waals surface area contributed by atoms with Gasteiger partial charge in [-0.15, -0.1) is 0 Å². The molecule has 0 aromatic carbocycles. The van der Waals surface area contributed by atoms with Crippen LogP contribution in [0.2, 0.25) is 0 Å². The molecular formula is C13H17BrN4. The van der Waals surface area contributed by atoms with Crippen LogP contribution >= 0.6 is 15.9 Å². The van der Waals surface area contributed by atoms with Crippen molar-refractivity contribution in [1.29, 1.82) is 0 Å². The third kappa shape index (κ3) is 3.92. The van der Waals surface area contributed by atoms with Crippen LogP contribution in [0.3, 0.4) is 0 Å². The van der Waals surface area contributed by atoms with E-state index in [0.29, 0.717) is 0 Å². The van der Waals surface area contributed by atoms with Gasteiger partial charge in [0.25, 0.3) is 0 Å². The monoisotopic (exact) mass is 308 g/mol. The second-order valence-corrected chi connectivity index (χ2v) is 5.11. The minimum absolute atomic E-state index is 0.750. The molecule has 0 bridgehead atoms. The van der Waals surface area contributed by atoms with Crippen LogP contribution in [0.25, 0.3) is 0 Å². The molecule has 2 aromatic rings. The van der Waals surface area contributed by atoms with Crippen LogP contribution in [0.1, 0.15) is 24.6 Å². The summed E-state index contributed by atoms with van der Waals surface area (Å²) in [5.74, 6) is 0. The number of nitrogens with one attached hydrogen (secondary N) is 1. The molecule has 0 fully saturated rings. The molecule has 0 amide bonds. The van der Waals surface area contributed by atoms with Crippen molar-refractivity contribution >= 4 is 15.9 Å². The van der Waals surface area contributed by atoms with E-state index in [0.717, 1.165) is 41.8 Å². The van der Waals surface area contributed by atoms with E-state index >= 15 is 0 Å². The normalized spacial score (nSPS) is 10.8. The van der Waals surface area contributed by atoms with Crippen molar-refractivity contribution in [2.75, 3.05) is 6.54 Å². The first-order chi connectivity index (χ1) is 8.78. The fourth-order valence-corrected chi connectivity index (χ4v) is 2.12. The van der Waals surface area contributed by atoms with Crippen LogP contribution in [0.15, 0.2) is 35.2 Å². The average Bonchev–Trinajstić information content (AvgIpc) is 2.77. The molecule has 2 rings (SSSR count). The third-order valence-corrected chi connectivity index (χ3v) is 2.97. The van der Waals surface area contributed by atoms with E-state index in [1.807, 2.05) is 23.1 Å². The Labute approximate surface area is 116 Å². The molecule has 1 N–H and O–H groups in total. The summed E-state index contributed by atoms with van der Waals surface area (Å²) in [4.78, 5) is 4.15. The summed E-state index contributed by atoms with van der Waals surface area (Å²) >= 11 is 3.42. The number of aromatic nitrogens is 3. The van der Waals surface area contributed by atoms with Crippen molar-refractivity contribution in [3.8, 4) is 0 Å². The van der Waals surface area contributed by atoms with Crippen molar-refractivity contribution in [3.63, 3.8) is 0 Å². The highest BCUT2D eigenvalue weighted by atomic mass is 79.9. The molecule has 0 aliphatic heterocycles. The third-order valence-electron chi connectivity index (χ3n) is 2.53. The molecule has 0 saturated heterocycles. The van der Waals surface area contributed by atoms with Crippen LogP contribution < -0.4 is 5.32 Å². The first-order valence-electron chi connectivity index (χ1n) is 6.10. The minimum atomic E-state index is 0.750. The van der Waals surface area contributed by atoms with E-state index in [1.165, 1.54) is 0 Å². The van der Waals surface area contributed by atoms with Crippen molar-refractivity contribution in [2.45, 2.75) is 26.4 Å². The van der Waals surface area contributed by atoms with Gasteiger partial charge in [0.1, 0.15) is 0 Å². The van der Waals surface area contributed by atoms with E-state index in [1.54, 1.807) is 6.20 Å². The second-order valence-electron chi connectivity index (χ2n) is 4.19. The molecule has 2 aromatic heterocycles. The van der Waals surface area contributed by atoms with Gasteiger partial charge in [0, 0.05) is 29.6 Å². The molecule has 96 valence electrons. The van der Waals surface area contributed by atoms with Gasteiger partial charge in [-0.3, -0.25) is 9.67 Å². The van der Waals surface area contributed by atoms with Gasteiger partial charge in [-0.05, 0) is 46.6 Å². The molecule has 0 aliphatic rings. The van der Waals surface area contributed by atoms with E-state index in [2.05, 4.69) is 44.3 Å². The number of nitrogens with zero attached hydrogens (tertiary/aromatic N) is 3. The first kappa shape index (κ1) is 13.2. The zero-order chi connectivity index (χ0) is 12.8. The minimum Gasteiger partial charge on any atom is -0.311 e. The van der Waals surface area contributed by atoms with Gasteiger partial charge in [-0.2, -0.15) is 5.10 Å². The van der Waals surface area contributed by atoms with Gasteiger partial charge in [-0.1, -0.05) is 6.92 Å². The highest BCUT2D eigenvalue weighted by Gasteiger charge is 2.00. The number of pyridine rings is 1. The molecule has 5 heteroatoms. The van der Waals surface area contributed by atoms with Crippen LogP contribution in [0, 0.1) is 0 Å². The van der Waals surface area contributed by atoms with Gasteiger partial charge in [0.05, 0.1) is 12.2 Å². The summed E-state index contributed by atoms with van der Waals surface area (Å²) in [6, 6.07) is 4.11. The number of hydrogen-bond donors (Lipinski definition) is 1. The maximum atomic E-state index is 4.52. The quantitative estimate of drug-likeness (QED) is 0.834. The Morgan fingerprint density at radius 2 is 2.28 bits per heavy atom. The predicted molar refractivity (Wildman–Crippen MR) is 75.3 cm³/mol. The lowest BCUT2D eigenvalue weighted by Crippen LogP contribution is -2.14. The lowest BCUT2D eigenvalue weighted by molar-refractivity contribution is 0.627. The Balaban J connectivity index is 1.94. The van der Waals surface area contributed by atoms with Gasteiger partial charge >= 0.3 is 0 Å². The molecular weight excluding hydrogens is 292 g/mol. The summed E-state index contributed by atoms with van der Waals surface area (Å²) in [7, 11) is 0. The Hall–Kier alpha value is -1.20. The zero-order valence-electron chi connectivity index (χ0n) is 10.4. The van der Waals surface area contributed by atoms with Gasteiger partial charge in [-0.25, -0.2) is 0 Å². The lowest BCUT2D eigenvalue weighted by atomic mass is 10.3. The Kier molecular flexibility index (Phi) is 4.90. The molecule has 18 heavy (non-hydrogen) atoms. The maximum absolute atomic E-state index is 4.52. The molecule has 0 aliphatic carbocycles. The first-order valence-corrected chi connectivity index (χ1v) is 6.89. The molecule has 4 nitrogen and oxygen atoms in total. The Morgan fingerprint density at radius 1 is 1.39 bits per heavy atom. The molecule has 2 heterocycles. The van der Waals surface area contributed by atoms with Crippen molar-refractivity contribution < 1.29 is 0 Å². The van der Waals surface area contributed by atoms with Crippen molar-refractivity contribution in [1.82, 2.24) is 20.1 Å². The fourth-order valence-electron chi connectivity index (χ4n) is 1.71. The highest BCUT2D eigenvalue weighted by molar-refractivity contribution is 9.10. The second kappa shape index (κ2) is 6.66. The van der Waals surface area contributed by atoms with Crippen molar-refractivity contribution in [2.24, 2.45) is 0 Å². The Bertz CT molecular complexity index is 495. The standard InChI is InChI=1S/C13H17BrN4/c1-2-4-15-9-13-3-5-18(17-13)10-11-6-12(14)8-16-7-11/h3,5-8,15H,2,4,9-10H2,1H3. The van der Waals surface area contributed by atoms with Crippen LogP contribution in [-0.2, 0) is 13.1 Å². The summed E-state index contributed by atoms with van der Waals surface area (Å²) in [6.07, 6.45) is 6.79. The predicted octanol–water partition coefficient (Wildman–Crippen LogP) is 2.59. The molecule has 0 radical (unpaired) electrons. The van der Waals surface area contributed by atoms with Crippen molar-refractivity contribution in [3.05, 3.63) is 46.5 Å². The van der Waals surface area contributed by atoms with Crippen LogP contribution in [-0.4, -0.2) is 21.3 Å². The van der Waals surface area contributed by atoms with Crippen LogP contribution in [0.4, 0.5) is 0 Å². The summed E-state index contributed by atoms with van der Waals surface area (Å²) in [5.41, 5.74) is 2.21. The van der Waals surface area contributed by atoms with Gasteiger partial charge in [0.15, 0.2) is 0 Å². The fraction of sp³-hybridized carbons (Fsp3) is 0.385. The number of hydrogen-bond acceptors (Lipinski definition) is 3. The molecule has 0 atom stereocenters. The molecule has 0 saturated carbocycles. The highest BCUT2D eigenvalue weighted by Crippen LogP contribution is 2.10. The topological polar surface area (TPSA) is 42.7 Å². The Morgan fingerprint density at radius 3 is 3.06 bits per heavy atom. The van der Waals surface area contributed by atoms with Crippen LogP contribution in [0.5, 0.6) is 0 Å². The largest absolute Gasteiger partial charge is 0.311 e. The number of halogens is 1. The molecule has 0 spiro atoms. The summed E-state index contributed by atoms with van der Waals surface area (Å²) < 4.78 is 2.93. The van der Waals surface area contributed by atoms with E-state index in [9.17, 15) is 0 Å². The maximum Gasteiger partial charge on any atom is 0.0762 e. The smallest absolute Gasteiger partial charge is 0.0762 e. The van der Waals surface area contributed by atoms with Gasteiger partial charge in [0.2, 0.25) is 0 Å². The average molecular weight is 309 g/mol. The molecule has 0 unspecified atom stereocenters.